The van der Waals surface area contributed by atoms with Gasteiger partial charge in [0.05, 0.1) is 62.9 Å². The first-order valence-electron chi connectivity index (χ1n) is 30.1. The Bertz CT molecular complexity index is 2510. The minimum absolute atomic E-state index is 0.0522. The second-order valence-corrected chi connectivity index (χ2v) is 21.6. The third-order valence-electron chi connectivity index (χ3n) is 14.8. The Labute approximate surface area is 505 Å². The van der Waals surface area contributed by atoms with Gasteiger partial charge in [-0.2, -0.15) is 0 Å². The van der Waals surface area contributed by atoms with E-state index in [4.69, 9.17) is 73.0 Å². The van der Waals surface area contributed by atoms with Crippen LogP contribution in [0.25, 0.3) is 0 Å². The number of ether oxygens (including phenoxy) is 6. The molecule has 20 N–H and O–H groups in total. The first kappa shape index (κ1) is 68.2. The predicted octanol–water partition coefficient (Wildman–Crippen LogP) is 4.77. The molecule has 26 heteroatoms. The van der Waals surface area contributed by atoms with E-state index in [1.807, 2.05) is 0 Å². The molecule has 0 aliphatic heterocycles. The highest BCUT2D eigenvalue weighted by molar-refractivity contribution is 6.03. The van der Waals surface area contributed by atoms with Crippen molar-refractivity contribution in [3.8, 4) is 34.5 Å². The van der Waals surface area contributed by atoms with E-state index in [1.165, 1.54) is 26.4 Å². The number of hydrogen-bond acceptors (Lipinski definition) is 14. The topological polar surface area (TPSA) is 419 Å². The summed E-state index contributed by atoms with van der Waals surface area (Å²) in [6.45, 7) is 4.09. The van der Waals surface area contributed by atoms with Crippen LogP contribution in [0.4, 0.5) is 0 Å². The summed E-state index contributed by atoms with van der Waals surface area (Å²) in [4.78, 5) is 55.7. The number of methoxy groups -OCH3 is 2. The van der Waals surface area contributed by atoms with Gasteiger partial charge in [0, 0.05) is 68.5 Å². The molecule has 0 unspecified atom stereocenters. The van der Waals surface area contributed by atoms with Crippen molar-refractivity contribution in [3.05, 3.63) is 70.8 Å². The van der Waals surface area contributed by atoms with Gasteiger partial charge in [-0.05, 0) is 159 Å². The third kappa shape index (κ3) is 24.9. The zero-order chi connectivity index (χ0) is 62.1. The summed E-state index contributed by atoms with van der Waals surface area (Å²) < 4.78 is 35.7. The molecule has 2 aliphatic carbocycles. The fourth-order valence-electron chi connectivity index (χ4n) is 10.1. The van der Waals surface area contributed by atoms with E-state index < -0.39 is 11.8 Å². The number of carbonyl (C=O) groups is 4. The van der Waals surface area contributed by atoms with E-state index in [-0.39, 0.29) is 82.4 Å². The lowest BCUT2D eigenvalue weighted by Crippen LogP contribution is -2.44. The fraction of sp³-hybridized carbons (Fsp3) is 0.567. The van der Waals surface area contributed by atoms with Gasteiger partial charge in [-0.3, -0.25) is 40.8 Å². The summed E-state index contributed by atoms with van der Waals surface area (Å²) >= 11 is 0. The van der Waals surface area contributed by atoms with Gasteiger partial charge in [0.15, 0.2) is 23.8 Å². The van der Waals surface area contributed by atoms with Crippen LogP contribution in [-0.2, 0) is 0 Å². The molecule has 0 atom stereocenters. The van der Waals surface area contributed by atoms with Crippen LogP contribution in [0.3, 0.4) is 0 Å². The molecule has 0 spiro atoms. The second kappa shape index (κ2) is 37.7. The molecular formula is C60H94N16O10. The number of unbranched alkanes of at least 4 members (excludes halogenated alkanes) is 8. The van der Waals surface area contributed by atoms with Crippen LogP contribution in [0.1, 0.15) is 170 Å². The zero-order valence-corrected chi connectivity index (χ0v) is 50.1. The maximum atomic E-state index is 14.0. The van der Waals surface area contributed by atoms with Crippen molar-refractivity contribution < 1.29 is 47.6 Å². The van der Waals surface area contributed by atoms with Gasteiger partial charge < -0.3 is 93.9 Å². The molecule has 2 aliphatic rings. The number of amides is 4. The molecule has 0 radical (unpaired) electrons. The maximum Gasteiger partial charge on any atom is 0.255 e. The zero-order valence-electron chi connectivity index (χ0n) is 50.1. The molecule has 86 heavy (non-hydrogen) atoms. The number of rotatable bonds is 38. The van der Waals surface area contributed by atoms with Crippen molar-refractivity contribution >= 4 is 47.5 Å². The number of nitrogens with two attached hydrogens (primary N) is 4. The first-order valence-corrected chi connectivity index (χ1v) is 30.1. The molecular weight excluding hydrogens is 1100 g/mol. The van der Waals surface area contributed by atoms with E-state index in [0.29, 0.717) is 138 Å². The van der Waals surface area contributed by atoms with Gasteiger partial charge >= 0.3 is 0 Å². The number of guanidine groups is 4. The van der Waals surface area contributed by atoms with Crippen LogP contribution in [0.2, 0.25) is 0 Å². The number of carbonyl (C=O) groups excluding carboxylic acids is 4. The quantitative estimate of drug-likeness (QED) is 0.0209. The largest absolute Gasteiger partial charge is 0.496 e. The van der Waals surface area contributed by atoms with Crippen molar-refractivity contribution in [1.29, 1.82) is 21.6 Å². The number of hydrogen-bond donors (Lipinski definition) is 16. The molecule has 2 saturated carbocycles. The normalized spacial score (nSPS) is 16.2. The molecule has 0 saturated heterocycles. The predicted molar refractivity (Wildman–Crippen MR) is 331 cm³/mol. The first-order chi connectivity index (χ1) is 41.5. The van der Waals surface area contributed by atoms with E-state index in [9.17, 15) is 19.2 Å². The molecule has 2 fully saturated rings. The maximum absolute atomic E-state index is 14.0. The summed E-state index contributed by atoms with van der Waals surface area (Å²) in [5, 5.41) is 53.1. The van der Waals surface area contributed by atoms with E-state index in [0.717, 1.165) is 77.0 Å². The van der Waals surface area contributed by atoms with Crippen molar-refractivity contribution in [2.75, 3.05) is 66.8 Å². The van der Waals surface area contributed by atoms with Crippen LogP contribution in [-0.4, -0.2) is 138 Å². The van der Waals surface area contributed by atoms with E-state index in [2.05, 4.69) is 42.5 Å². The summed E-state index contributed by atoms with van der Waals surface area (Å²) in [5.74, 6) is 0.857. The minimum atomic E-state index is -0.410. The van der Waals surface area contributed by atoms with Crippen LogP contribution >= 0.6 is 0 Å². The SMILES string of the molecule is COc1cc(OC)c(C(=O)N[C@H]2CC[C@H](NC(=O)c3ccc(OCCCCCNC(=N)N)cc3OCCCCCNC(=N)N)CC2)cc1C(=O)N[C@H]1CC[C@H](NC(=O)c2ccc(OCCCCCNC(=N)N)cc2OCCCCCNC(=N)N)CC1. The van der Waals surface area contributed by atoms with Gasteiger partial charge in [0.25, 0.3) is 23.6 Å². The molecule has 4 amide bonds. The third-order valence-corrected chi connectivity index (χ3v) is 14.8. The molecule has 0 aromatic heterocycles. The Morgan fingerprint density at radius 2 is 0.651 bits per heavy atom. The average molecular weight is 1200 g/mol. The van der Waals surface area contributed by atoms with Crippen molar-refractivity contribution in [2.45, 2.75) is 153 Å². The van der Waals surface area contributed by atoms with Gasteiger partial charge in [0.1, 0.15) is 34.5 Å². The number of nitrogens with one attached hydrogen (secondary N) is 12. The monoisotopic (exact) mass is 1200 g/mol. The summed E-state index contributed by atoms with van der Waals surface area (Å²) in [5.41, 5.74) is 22.6. The van der Waals surface area contributed by atoms with Gasteiger partial charge in [-0.25, -0.2) is 0 Å². The lowest BCUT2D eigenvalue weighted by Gasteiger charge is -2.30. The highest BCUT2D eigenvalue weighted by Gasteiger charge is 2.30. The Morgan fingerprint density at radius 3 is 0.930 bits per heavy atom. The van der Waals surface area contributed by atoms with Crippen LogP contribution < -0.4 is 93.9 Å². The van der Waals surface area contributed by atoms with E-state index >= 15 is 0 Å². The lowest BCUT2D eigenvalue weighted by atomic mass is 9.90. The summed E-state index contributed by atoms with van der Waals surface area (Å²) in [6, 6.07) is 12.7. The standard InChI is InChI=1S/C60H94N16O10/c1-81-49-38-50(82-2)48(56(80)76-42-21-17-40(18-22-42)74-54(78)46-26-24-44(84-32-12-4-8-28-70-58(63)64)36-52(46)86-34-14-6-10-30-72-60(67)68)37-47(49)55(79)75-41-19-15-39(16-20-41)73-53(77)45-25-23-43(83-31-11-3-7-27-69-57(61)62)35-51(45)85-33-13-5-9-29-71-59(65)66/h23-26,35-42H,3-22,27-34H2,1-2H3,(H,73,77)(H,74,78)(H,75,79)(H,76,80)(H4,61,62,69)(H4,63,64,70)(H4,65,66,71)(H4,67,68,72)/t39-,40-,41-,42-. The second-order valence-electron chi connectivity index (χ2n) is 21.6. The Kier molecular flexibility index (Phi) is 29.9. The highest BCUT2D eigenvalue weighted by Crippen LogP contribution is 2.32. The Balaban J connectivity index is 1.12. The molecule has 0 heterocycles. The van der Waals surface area contributed by atoms with E-state index in [1.54, 1.807) is 36.4 Å². The summed E-state index contributed by atoms with van der Waals surface area (Å²) in [6.07, 6.45) is 14.6. The molecule has 0 bridgehead atoms. The fourth-order valence-corrected chi connectivity index (χ4v) is 10.1. The molecule has 474 valence electrons. The Morgan fingerprint density at radius 1 is 0.372 bits per heavy atom. The lowest BCUT2D eigenvalue weighted by molar-refractivity contribution is 0.0883. The molecule has 3 aromatic carbocycles. The highest BCUT2D eigenvalue weighted by atomic mass is 16.5. The minimum Gasteiger partial charge on any atom is -0.496 e. The van der Waals surface area contributed by atoms with Gasteiger partial charge in [-0.1, -0.05) is 0 Å². The smallest absolute Gasteiger partial charge is 0.255 e. The molecule has 3 aromatic rings. The van der Waals surface area contributed by atoms with Crippen molar-refractivity contribution in [1.82, 2.24) is 42.5 Å². The molecule has 26 nitrogen and oxygen atoms in total. The summed E-state index contributed by atoms with van der Waals surface area (Å²) in [7, 11) is 2.90. The molecule has 5 rings (SSSR count). The van der Waals surface area contributed by atoms with Crippen molar-refractivity contribution in [3.63, 3.8) is 0 Å². The average Bonchev–Trinajstić information content (AvgIpc) is 1.70. The van der Waals surface area contributed by atoms with Crippen LogP contribution in [0.15, 0.2) is 48.5 Å². The van der Waals surface area contributed by atoms with Gasteiger partial charge in [-0.15, -0.1) is 0 Å². The number of benzene rings is 3. The van der Waals surface area contributed by atoms with Crippen LogP contribution in [0.5, 0.6) is 34.5 Å². The van der Waals surface area contributed by atoms with Gasteiger partial charge in [0.2, 0.25) is 0 Å². The van der Waals surface area contributed by atoms with Crippen LogP contribution in [0, 0.1) is 21.6 Å². The van der Waals surface area contributed by atoms with Crippen molar-refractivity contribution in [2.24, 2.45) is 22.9 Å². The Hall–Kier alpha value is -8.58.